The molecule has 0 radical (unpaired) electrons. The van der Waals surface area contributed by atoms with Crippen molar-refractivity contribution < 1.29 is 4.74 Å². The molecule has 0 aliphatic carbocycles. The molecular weight excluding hydrogens is 338 g/mol. The summed E-state index contributed by atoms with van der Waals surface area (Å²) in [5, 5.41) is 12.4. The minimum absolute atomic E-state index is 0.603. The van der Waals surface area contributed by atoms with Crippen molar-refractivity contribution in [3.63, 3.8) is 0 Å². The lowest BCUT2D eigenvalue weighted by atomic mass is 10.1. The van der Waals surface area contributed by atoms with E-state index in [1.165, 1.54) is 0 Å². The first-order chi connectivity index (χ1) is 13.3. The monoisotopic (exact) mass is 357 g/mol. The highest BCUT2D eigenvalue weighted by Crippen LogP contribution is 2.25. The summed E-state index contributed by atoms with van der Waals surface area (Å²) in [6.07, 6.45) is 0. The van der Waals surface area contributed by atoms with Crippen LogP contribution in [-0.4, -0.2) is 36.3 Å². The van der Waals surface area contributed by atoms with Crippen molar-refractivity contribution in [1.29, 1.82) is 5.26 Å². The second-order valence-corrected chi connectivity index (χ2v) is 6.22. The topological polar surface area (TPSA) is 74.1 Å². The van der Waals surface area contributed by atoms with Crippen LogP contribution in [-0.2, 0) is 4.74 Å². The van der Waals surface area contributed by atoms with Gasteiger partial charge in [-0.05, 0) is 18.2 Å². The number of anilines is 3. The van der Waals surface area contributed by atoms with Gasteiger partial charge in [-0.25, -0.2) is 4.98 Å². The summed E-state index contributed by atoms with van der Waals surface area (Å²) in [5.74, 6) is 1.37. The number of hydrogen-bond donors (Lipinski definition) is 1. The van der Waals surface area contributed by atoms with Crippen LogP contribution >= 0.6 is 0 Å². The van der Waals surface area contributed by atoms with E-state index in [-0.39, 0.29) is 0 Å². The molecule has 1 aliphatic rings. The van der Waals surface area contributed by atoms with Gasteiger partial charge >= 0.3 is 0 Å². The number of nitrogens with one attached hydrogen (secondary N) is 1. The highest BCUT2D eigenvalue weighted by atomic mass is 16.5. The SMILES string of the molecule is N#Cc1cccc(Nc2cc(-c3ccccc3)nc(N3CCOCC3)n2)c1. The van der Waals surface area contributed by atoms with Crippen molar-refractivity contribution in [2.75, 3.05) is 36.5 Å². The molecule has 0 saturated carbocycles. The normalized spacial score (nSPS) is 13.8. The van der Waals surface area contributed by atoms with Crippen molar-refractivity contribution in [1.82, 2.24) is 9.97 Å². The zero-order chi connectivity index (χ0) is 18.5. The molecule has 1 N–H and O–H groups in total. The van der Waals surface area contributed by atoms with E-state index in [4.69, 9.17) is 20.0 Å². The molecule has 0 unspecified atom stereocenters. The maximum Gasteiger partial charge on any atom is 0.228 e. The summed E-state index contributed by atoms with van der Waals surface area (Å²) in [6.45, 7) is 2.88. The van der Waals surface area contributed by atoms with Gasteiger partial charge in [0, 0.05) is 30.4 Å². The summed E-state index contributed by atoms with van der Waals surface area (Å²) in [7, 11) is 0. The van der Waals surface area contributed by atoms with E-state index < -0.39 is 0 Å². The molecule has 0 atom stereocenters. The first kappa shape index (κ1) is 17.0. The molecule has 6 heteroatoms. The molecular formula is C21H19N5O. The molecule has 4 rings (SSSR count). The Morgan fingerprint density at radius 3 is 2.56 bits per heavy atom. The third kappa shape index (κ3) is 4.05. The summed E-state index contributed by atoms with van der Waals surface area (Å²) >= 11 is 0. The van der Waals surface area contributed by atoms with Crippen LogP contribution in [0.2, 0.25) is 0 Å². The van der Waals surface area contributed by atoms with Crippen molar-refractivity contribution in [2.45, 2.75) is 0 Å². The van der Waals surface area contributed by atoms with E-state index in [9.17, 15) is 0 Å². The molecule has 2 heterocycles. The van der Waals surface area contributed by atoms with Gasteiger partial charge in [0.2, 0.25) is 5.95 Å². The number of nitrogens with zero attached hydrogens (tertiary/aromatic N) is 4. The lowest BCUT2D eigenvalue weighted by molar-refractivity contribution is 0.122. The third-order valence-corrected chi connectivity index (χ3v) is 4.34. The largest absolute Gasteiger partial charge is 0.378 e. The van der Waals surface area contributed by atoms with Crippen LogP contribution in [0.5, 0.6) is 0 Å². The number of morpholine rings is 1. The highest BCUT2D eigenvalue weighted by molar-refractivity contribution is 5.68. The smallest absolute Gasteiger partial charge is 0.228 e. The Bertz CT molecular complexity index is 962. The summed E-state index contributed by atoms with van der Waals surface area (Å²) in [5.41, 5.74) is 3.31. The number of nitriles is 1. The molecule has 1 aliphatic heterocycles. The van der Waals surface area contributed by atoms with Gasteiger partial charge in [-0.2, -0.15) is 10.2 Å². The van der Waals surface area contributed by atoms with E-state index in [1.807, 2.05) is 48.5 Å². The zero-order valence-corrected chi connectivity index (χ0v) is 14.8. The number of ether oxygens (including phenoxy) is 1. The lowest BCUT2D eigenvalue weighted by Gasteiger charge is -2.27. The van der Waals surface area contributed by atoms with Crippen molar-refractivity contribution in [3.05, 3.63) is 66.2 Å². The van der Waals surface area contributed by atoms with Crippen LogP contribution in [0.3, 0.4) is 0 Å². The van der Waals surface area contributed by atoms with E-state index >= 15 is 0 Å². The second-order valence-electron chi connectivity index (χ2n) is 6.22. The second kappa shape index (κ2) is 7.85. The Kier molecular flexibility index (Phi) is 4.95. The quantitative estimate of drug-likeness (QED) is 0.769. The van der Waals surface area contributed by atoms with E-state index in [0.29, 0.717) is 30.5 Å². The summed E-state index contributed by atoms with van der Waals surface area (Å²) in [6, 6.07) is 21.5. The van der Waals surface area contributed by atoms with Crippen LogP contribution < -0.4 is 10.2 Å². The van der Waals surface area contributed by atoms with Gasteiger partial charge in [-0.1, -0.05) is 36.4 Å². The van der Waals surface area contributed by atoms with Crippen molar-refractivity contribution in [2.24, 2.45) is 0 Å². The number of benzene rings is 2. The molecule has 0 amide bonds. The van der Waals surface area contributed by atoms with Gasteiger partial charge in [0.1, 0.15) is 5.82 Å². The van der Waals surface area contributed by atoms with Crippen LogP contribution in [0.4, 0.5) is 17.5 Å². The zero-order valence-electron chi connectivity index (χ0n) is 14.8. The van der Waals surface area contributed by atoms with Crippen molar-refractivity contribution in [3.8, 4) is 17.3 Å². The van der Waals surface area contributed by atoms with Crippen molar-refractivity contribution >= 4 is 17.5 Å². The Balaban J connectivity index is 1.72. The van der Waals surface area contributed by atoms with Crippen LogP contribution in [0.1, 0.15) is 5.56 Å². The molecule has 27 heavy (non-hydrogen) atoms. The maximum atomic E-state index is 9.11. The first-order valence-corrected chi connectivity index (χ1v) is 8.86. The summed E-state index contributed by atoms with van der Waals surface area (Å²) < 4.78 is 5.44. The van der Waals surface area contributed by atoms with E-state index in [1.54, 1.807) is 12.1 Å². The molecule has 3 aromatic rings. The van der Waals surface area contributed by atoms with Crippen LogP contribution in [0.25, 0.3) is 11.3 Å². The Morgan fingerprint density at radius 1 is 0.963 bits per heavy atom. The molecule has 1 fully saturated rings. The van der Waals surface area contributed by atoms with Gasteiger partial charge in [0.25, 0.3) is 0 Å². The van der Waals surface area contributed by atoms with Gasteiger partial charge in [-0.15, -0.1) is 0 Å². The van der Waals surface area contributed by atoms with Crippen LogP contribution in [0.15, 0.2) is 60.7 Å². The highest BCUT2D eigenvalue weighted by Gasteiger charge is 2.16. The van der Waals surface area contributed by atoms with Gasteiger partial charge in [0.05, 0.1) is 30.5 Å². The average Bonchev–Trinajstić information content (AvgIpc) is 2.75. The predicted octanol–water partition coefficient (Wildman–Crippen LogP) is 3.60. The Hall–Kier alpha value is -3.43. The Labute approximate surface area is 158 Å². The predicted molar refractivity (Wildman–Crippen MR) is 105 cm³/mol. The lowest BCUT2D eigenvalue weighted by Crippen LogP contribution is -2.37. The standard InChI is InChI=1S/C21H19N5O/c22-15-16-5-4-8-18(13-16)23-20-14-19(17-6-2-1-3-7-17)24-21(25-20)26-9-11-27-12-10-26/h1-8,13-14H,9-12H2,(H,23,24,25). The third-order valence-electron chi connectivity index (χ3n) is 4.34. The molecule has 0 bridgehead atoms. The molecule has 1 aromatic heterocycles. The molecule has 0 spiro atoms. The number of hydrogen-bond acceptors (Lipinski definition) is 6. The minimum Gasteiger partial charge on any atom is -0.378 e. The van der Waals surface area contributed by atoms with Gasteiger partial charge < -0.3 is 15.0 Å². The summed E-state index contributed by atoms with van der Waals surface area (Å²) in [4.78, 5) is 11.6. The first-order valence-electron chi connectivity index (χ1n) is 8.86. The Morgan fingerprint density at radius 2 is 1.78 bits per heavy atom. The van der Waals surface area contributed by atoms with Gasteiger partial charge in [0.15, 0.2) is 0 Å². The number of rotatable bonds is 4. The molecule has 6 nitrogen and oxygen atoms in total. The molecule has 1 saturated heterocycles. The van der Waals surface area contributed by atoms with E-state index in [0.717, 1.165) is 30.0 Å². The number of aromatic nitrogens is 2. The molecule has 2 aromatic carbocycles. The molecule has 134 valence electrons. The minimum atomic E-state index is 0.603. The maximum absolute atomic E-state index is 9.11. The van der Waals surface area contributed by atoms with Gasteiger partial charge in [-0.3, -0.25) is 0 Å². The van der Waals surface area contributed by atoms with E-state index in [2.05, 4.69) is 16.3 Å². The van der Waals surface area contributed by atoms with Crippen LogP contribution in [0, 0.1) is 11.3 Å². The fourth-order valence-corrected chi connectivity index (χ4v) is 2.97. The fraction of sp³-hybridized carbons (Fsp3) is 0.190. The fourth-order valence-electron chi connectivity index (χ4n) is 2.97. The average molecular weight is 357 g/mol.